The molecule has 1 aromatic carbocycles. The maximum Gasteiger partial charge on any atom is 0.272 e. The summed E-state index contributed by atoms with van der Waals surface area (Å²) in [6.07, 6.45) is 1.60. The highest BCUT2D eigenvalue weighted by Crippen LogP contribution is 2.36. The molecule has 3 rings (SSSR count). The van der Waals surface area contributed by atoms with Gasteiger partial charge in [-0.3, -0.25) is 4.79 Å². The first-order valence-corrected chi connectivity index (χ1v) is 8.83. The molecule has 1 N–H and O–H groups in total. The second-order valence-electron chi connectivity index (χ2n) is 6.97. The molecule has 0 radical (unpaired) electrons. The normalized spacial score (nSPS) is 19.3. The van der Waals surface area contributed by atoms with Gasteiger partial charge in [0.2, 0.25) is 0 Å². The van der Waals surface area contributed by atoms with Gasteiger partial charge in [0.15, 0.2) is 0 Å². The second-order valence-corrected chi connectivity index (χ2v) is 6.97. The van der Waals surface area contributed by atoms with E-state index in [1.54, 1.807) is 31.9 Å². The maximum absolute atomic E-state index is 13.0. The van der Waals surface area contributed by atoms with Crippen molar-refractivity contribution in [3.63, 3.8) is 0 Å². The average molecular weight is 355 g/mol. The van der Waals surface area contributed by atoms with Crippen molar-refractivity contribution in [3.8, 4) is 5.75 Å². The number of hydrogen-bond acceptors (Lipinski definition) is 5. The van der Waals surface area contributed by atoms with Crippen molar-refractivity contribution in [2.75, 3.05) is 13.7 Å². The van der Waals surface area contributed by atoms with Crippen LogP contribution in [-0.2, 0) is 5.60 Å². The minimum absolute atomic E-state index is 0.158. The van der Waals surface area contributed by atoms with Gasteiger partial charge in [-0.2, -0.15) is 0 Å². The fourth-order valence-corrected chi connectivity index (χ4v) is 3.69. The predicted octanol–water partition coefficient (Wildman–Crippen LogP) is 2.61. The lowest BCUT2D eigenvalue weighted by molar-refractivity contribution is -0.0179. The zero-order chi connectivity index (χ0) is 18.9. The van der Waals surface area contributed by atoms with Crippen LogP contribution < -0.4 is 4.74 Å². The van der Waals surface area contributed by atoms with Crippen molar-refractivity contribution in [2.24, 2.45) is 0 Å². The Hall–Kier alpha value is -2.47. The Bertz CT molecular complexity index is 782. The highest BCUT2D eigenvalue weighted by molar-refractivity contribution is 5.93. The Morgan fingerprint density at radius 1 is 1.27 bits per heavy atom. The third-order valence-electron chi connectivity index (χ3n) is 5.02. The van der Waals surface area contributed by atoms with Gasteiger partial charge in [0.1, 0.15) is 22.9 Å². The van der Waals surface area contributed by atoms with E-state index >= 15 is 0 Å². The number of nitrogens with zero attached hydrogens (tertiary/aromatic N) is 3. The molecule has 1 amide bonds. The van der Waals surface area contributed by atoms with E-state index in [9.17, 15) is 9.90 Å². The summed E-state index contributed by atoms with van der Waals surface area (Å²) in [6.45, 7) is 6.00. The standard InChI is InChI=1S/C20H25N3O3/c1-13-12-17(22-14(2)21-13)19(24)23-11-5-6-18(23)20(3,25)15-7-9-16(26-4)10-8-15/h7-10,12,18,25H,5-6,11H2,1-4H3/t18-,20+/m0/s1. The van der Waals surface area contributed by atoms with Gasteiger partial charge in [-0.1, -0.05) is 12.1 Å². The number of hydrogen-bond donors (Lipinski definition) is 1. The van der Waals surface area contributed by atoms with Crippen LogP contribution in [0, 0.1) is 13.8 Å². The van der Waals surface area contributed by atoms with Crippen LogP contribution in [0.3, 0.4) is 0 Å². The van der Waals surface area contributed by atoms with Crippen LogP contribution in [0.15, 0.2) is 30.3 Å². The molecule has 2 aromatic rings. The number of ether oxygens (including phenoxy) is 1. The number of amides is 1. The van der Waals surface area contributed by atoms with E-state index in [0.717, 1.165) is 29.8 Å². The first-order chi connectivity index (χ1) is 12.3. The van der Waals surface area contributed by atoms with E-state index in [0.29, 0.717) is 18.1 Å². The fraction of sp³-hybridized carbons (Fsp3) is 0.450. The van der Waals surface area contributed by atoms with Gasteiger partial charge < -0.3 is 14.7 Å². The number of aryl methyl sites for hydroxylation is 2. The summed E-state index contributed by atoms with van der Waals surface area (Å²) in [7, 11) is 1.61. The van der Waals surface area contributed by atoms with Gasteiger partial charge in [0.05, 0.1) is 13.2 Å². The summed E-state index contributed by atoms with van der Waals surface area (Å²) in [5.41, 5.74) is 0.749. The Labute approximate surface area is 153 Å². The molecule has 1 aliphatic rings. The van der Waals surface area contributed by atoms with E-state index < -0.39 is 5.60 Å². The van der Waals surface area contributed by atoms with Crippen LogP contribution in [0.1, 0.15) is 47.3 Å². The number of carbonyl (C=O) groups excluding carboxylic acids is 1. The molecule has 1 fully saturated rings. The van der Waals surface area contributed by atoms with Crippen LogP contribution in [0.5, 0.6) is 5.75 Å². The molecule has 0 spiro atoms. The number of methoxy groups -OCH3 is 1. The van der Waals surface area contributed by atoms with Crippen molar-refractivity contribution >= 4 is 5.91 Å². The summed E-state index contributed by atoms with van der Waals surface area (Å²) in [5.74, 6) is 1.15. The van der Waals surface area contributed by atoms with Crippen LogP contribution in [0.2, 0.25) is 0 Å². The molecule has 2 heterocycles. The van der Waals surface area contributed by atoms with E-state index in [1.165, 1.54) is 0 Å². The quantitative estimate of drug-likeness (QED) is 0.912. The largest absolute Gasteiger partial charge is 0.497 e. The molecular formula is C20H25N3O3. The minimum atomic E-state index is -1.16. The van der Waals surface area contributed by atoms with Crippen LogP contribution >= 0.6 is 0 Å². The molecule has 0 aliphatic carbocycles. The molecule has 0 bridgehead atoms. The Kier molecular flexibility index (Phi) is 4.96. The second kappa shape index (κ2) is 7.03. The summed E-state index contributed by atoms with van der Waals surface area (Å²) in [4.78, 5) is 23.3. The lowest BCUT2D eigenvalue weighted by Crippen LogP contribution is -2.48. The molecule has 1 saturated heterocycles. The third-order valence-corrected chi connectivity index (χ3v) is 5.02. The van der Waals surface area contributed by atoms with Crippen molar-refractivity contribution in [2.45, 2.75) is 45.3 Å². The number of aromatic nitrogens is 2. The van der Waals surface area contributed by atoms with E-state index in [1.807, 2.05) is 31.2 Å². The SMILES string of the molecule is COc1ccc([C@@](C)(O)[C@@H]2CCCN2C(=O)c2cc(C)nc(C)n2)cc1. The van der Waals surface area contributed by atoms with Gasteiger partial charge >= 0.3 is 0 Å². The highest BCUT2D eigenvalue weighted by atomic mass is 16.5. The maximum atomic E-state index is 13.0. The first-order valence-electron chi connectivity index (χ1n) is 8.83. The van der Waals surface area contributed by atoms with E-state index in [-0.39, 0.29) is 11.9 Å². The number of benzene rings is 1. The van der Waals surface area contributed by atoms with Gasteiger partial charge in [0.25, 0.3) is 5.91 Å². The highest BCUT2D eigenvalue weighted by Gasteiger charge is 2.43. The molecular weight excluding hydrogens is 330 g/mol. The molecule has 138 valence electrons. The molecule has 2 atom stereocenters. The zero-order valence-corrected chi connectivity index (χ0v) is 15.7. The van der Waals surface area contributed by atoms with Crippen molar-refractivity contribution in [1.29, 1.82) is 0 Å². The van der Waals surface area contributed by atoms with Gasteiger partial charge in [-0.25, -0.2) is 9.97 Å². The lowest BCUT2D eigenvalue weighted by atomic mass is 9.86. The molecule has 6 nitrogen and oxygen atoms in total. The first kappa shape index (κ1) is 18.3. The Morgan fingerprint density at radius 2 is 1.96 bits per heavy atom. The van der Waals surface area contributed by atoms with E-state index in [2.05, 4.69) is 9.97 Å². The third kappa shape index (κ3) is 3.42. The Balaban J connectivity index is 1.89. The summed E-state index contributed by atoms with van der Waals surface area (Å²) in [6, 6.07) is 8.73. The van der Waals surface area contributed by atoms with Gasteiger partial charge in [-0.05, 0) is 57.4 Å². The summed E-state index contributed by atoms with van der Waals surface area (Å²) in [5, 5.41) is 11.3. The van der Waals surface area contributed by atoms with Gasteiger partial charge in [-0.15, -0.1) is 0 Å². The Morgan fingerprint density at radius 3 is 2.58 bits per heavy atom. The molecule has 1 aliphatic heterocycles. The van der Waals surface area contributed by atoms with Gasteiger partial charge in [0, 0.05) is 12.2 Å². The predicted molar refractivity (Wildman–Crippen MR) is 98.1 cm³/mol. The molecule has 1 aromatic heterocycles. The smallest absolute Gasteiger partial charge is 0.272 e. The van der Waals surface area contributed by atoms with Crippen molar-refractivity contribution in [3.05, 3.63) is 53.1 Å². The molecule has 0 unspecified atom stereocenters. The lowest BCUT2D eigenvalue weighted by Gasteiger charge is -2.37. The number of rotatable bonds is 4. The van der Waals surface area contributed by atoms with Crippen molar-refractivity contribution in [1.82, 2.24) is 14.9 Å². The summed E-state index contributed by atoms with van der Waals surface area (Å²) >= 11 is 0. The zero-order valence-electron chi connectivity index (χ0n) is 15.7. The average Bonchev–Trinajstić information content (AvgIpc) is 3.11. The number of aliphatic hydroxyl groups is 1. The molecule has 26 heavy (non-hydrogen) atoms. The monoisotopic (exact) mass is 355 g/mol. The fourth-order valence-electron chi connectivity index (χ4n) is 3.69. The minimum Gasteiger partial charge on any atom is -0.497 e. The summed E-state index contributed by atoms with van der Waals surface area (Å²) < 4.78 is 5.19. The number of likely N-dealkylation sites (tertiary alicyclic amines) is 1. The molecule has 0 saturated carbocycles. The van der Waals surface area contributed by atoms with Crippen LogP contribution in [0.4, 0.5) is 0 Å². The topological polar surface area (TPSA) is 75.6 Å². The van der Waals surface area contributed by atoms with E-state index in [4.69, 9.17) is 4.74 Å². The number of carbonyl (C=O) groups is 1. The molecule has 6 heteroatoms. The van der Waals surface area contributed by atoms with Crippen molar-refractivity contribution < 1.29 is 14.6 Å². The van der Waals surface area contributed by atoms with Crippen LogP contribution in [-0.4, -0.2) is 45.6 Å². The van der Waals surface area contributed by atoms with Crippen LogP contribution in [0.25, 0.3) is 0 Å².